The molecular weight excluding hydrogens is 144 g/mol. The molecule has 0 fully saturated rings. The van der Waals surface area contributed by atoms with Gasteiger partial charge in [-0.05, 0) is 13.8 Å². The molecule has 0 aromatic carbocycles. The highest BCUT2D eigenvalue weighted by Gasteiger charge is 2.05. The SMILES string of the molecule is CC(C)N(C)c1nccs1. The molecule has 0 aliphatic rings. The van der Waals surface area contributed by atoms with Crippen LogP contribution in [0.1, 0.15) is 13.8 Å². The van der Waals surface area contributed by atoms with Crippen molar-refractivity contribution in [1.82, 2.24) is 4.98 Å². The normalized spacial score (nSPS) is 10.4. The van der Waals surface area contributed by atoms with Gasteiger partial charge in [0.1, 0.15) is 0 Å². The zero-order chi connectivity index (χ0) is 7.56. The van der Waals surface area contributed by atoms with E-state index >= 15 is 0 Å². The van der Waals surface area contributed by atoms with E-state index in [-0.39, 0.29) is 0 Å². The van der Waals surface area contributed by atoms with Crippen molar-refractivity contribution in [2.24, 2.45) is 0 Å². The van der Waals surface area contributed by atoms with Gasteiger partial charge in [0.25, 0.3) is 0 Å². The van der Waals surface area contributed by atoms with Gasteiger partial charge < -0.3 is 4.90 Å². The van der Waals surface area contributed by atoms with Gasteiger partial charge in [-0.3, -0.25) is 0 Å². The van der Waals surface area contributed by atoms with E-state index in [4.69, 9.17) is 0 Å². The van der Waals surface area contributed by atoms with E-state index in [1.165, 1.54) is 0 Å². The van der Waals surface area contributed by atoms with Gasteiger partial charge in [0.05, 0.1) is 0 Å². The van der Waals surface area contributed by atoms with Crippen LogP contribution in [0.25, 0.3) is 0 Å². The molecule has 1 heterocycles. The Kier molecular flexibility index (Phi) is 2.27. The van der Waals surface area contributed by atoms with Crippen molar-refractivity contribution in [2.45, 2.75) is 19.9 Å². The molecule has 2 nitrogen and oxygen atoms in total. The molecule has 0 unspecified atom stereocenters. The fourth-order valence-electron chi connectivity index (χ4n) is 0.611. The molecule has 0 atom stereocenters. The van der Waals surface area contributed by atoms with Crippen LogP contribution in [-0.4, -0.2) is 18.1 Å². The lowest BCUT2D eigenvalue weighted by Gasteiger charge is -2.19. The number of rotatable bonds is 2. The summed E-state index contributed by atoms with van der Waals surface area (Å²) in [6.45, 7) is 4.31. The van der Waals surface area contributed by atoms with Crippen molar-refractivity contribution < 1.29 is 0 Å². The summed E-state index contributed by atoms with van der Waals surface area (Å²) in [6, 6.07) is 0.533. The summed E-state index contributed by atoms with van der Waals surface area (Å²) < 4.78 is 0. The second-order valence-corrected chi connectivity index (χ2v) is 3.39. The van der Waals surface area contributed by atoms with Gasteiger partial charge in [-0.2, -0.15) is 0 Å². The summed E-state index contributed by atoms with van der Waals surface area (Å²) in [4.78, 5) is 6.34. The maximum Gasteiger partial charge on any atom is 0.185 e. The van der Waals surface area contributed by atoms with Gasteiger partial charge in [-0.1, -0.05) is 0 Å². The van der Waals surface area contributed by atoms with Crippen LogP contribution in [0.4, 0.5) is 5.13 Å². The summed E-state index contributed by atoms with van der Waals surface area (Å²) in [6.07, 6.45) is 1.83. The van der Waals surface area contributed by atoms with Crippen LogP contribution in [0.2, 0.25) is 0 Å². The van der Waals surface area contributed by atoms with Crippen LogP contribution in [0.15, 0.2) is 11.6 Å². The van der Waals surface area contributed by atoms with E-state index in [1.807, 2.05) is 11.6 Å². The van der Waals surface area contributed by atoms with E-state index in [9.17, 15) is 0 Å². The van der Waals surface area contributed by atoms with Gasteiger partial charge in [-0.15, -0.1) is 11.3 Å². The Morgan fingerprint density at radius 3 is 2.70 bits per heavy atom. The predicted octanol–water partition coefficient (Wildman–Crippen LogP) is 1.99. The van der Waals surface area contributed by atoms with E-state index < -0.39 is 0 Å². The Hall–Kier alpha value is -0.570. The van der Waals surface area contributed by atoms with Crippen LogP contribution in [-0.2, 0) is 0 Å². The molecule has 1 aromatic rings. The summed E-state index contributed by atoms with van der Waals surface area (Å²) >= 11 is 1.67. The predicted molar refractivity (Wildman–Crippen MR) is 45.7 cm³/mol. The first-order valence-corrected chi connectivity index (χ1v) is 4.22. The van der Waals surface area contributed by atoms with Crippen molar-refractivity contribution in [3.8, 4) is 0 Å². The molecule has 0 bridgehead atoms. The fourth-order valence-corrected chi connectivity index (χ4v) is 1.35. The molecule has 0 saturated carbocycles. The second kappa shape index (κ2) is 3.01. The van der Waals surface area contributed by atoms with Crippen LogP contribution < -0.4 is 4.90 Å². The molecule has 0 spiro atoms. The minimum atomic E-state index is 0.533. The average molecular weight is 156 g/mol. The molecule has 10 heavy (non-hydrogen) atoms. The van der Waals surface area contributed by atoms with Gasteiger partial charge in [0.15, 0.2) is 5.13 Å². The summed E-state index contributed by atoms with van der Waals surface area (Å²) in [5.41, 5.74) is 0. The highest BCUT2D eigenvalue weighted by Crippen LogP contribution is 2.16. The number of nitrogens with zero attached hydrogens (tertiary/aromatic N) is 2. The molecule has 1 rings (SSSR count). The van der Waals surface area contributed by atoms with Crippen molar-refractivity contribution in [1.29, 1.82) is 0 Å². The minimum Gasteiger partial charge on any atom is -0.349 e. The highest BCUT2D eigenvalue weighted by atomic mass is 32.1. The Bertz CT molecular complexity index is 181. The topological polar surface area (TPSA) is 16.1 Å². The summed E-state index contributed by atoms with van der Waals surface area (Å²) in [5.74, 6) is 0. The van der Waals surface area contributed by atoms with Crippen molar-refractivity contribution >= 4 is 16.5 Å². The smallest absolute Gasteiger partial charge is 0.185 e. The molecule has 0 aliphatic carbocycles. The minimum absolute atomic E-state index is 0.533. The molecular formula is C7H12N2S. The van der Waals surface area contributed by atoms with E-state index in [1.54, 1.807) is 11.3 Å². The Morgan fingerprint density at radius 2 is 2.30 bits per heavy atom. The Balaban J connectivity index is 2.68. The van der Waals surface area contributed by atoms with Crippen LogP contribution >= 0.6 is 11.3 Å². The first-order chi connectivity index (χ1) is 4.72. The highest BCUT2D eigenvalue weighted by molar-refractivity contribution is 7.13. The third-order valence-corrected chi connectivity index (χ3v) is 2.36. The Morgan fingerprint density at radius 1 is 1.60 bits per heavy atom. The molecule has 1 aromatic heterocycles. The fraction of sp³-hybridized carbons (Fsp3) is 0.571. The quantitative estimate of drug-likeness (QED) is 0.651. The average Bonchev–Trinajstić information content (AvgIpc) is 2.36. The van der Waals surface area contributed by atoms with E-state index in [0.717, 1.165) is 5.13 Å². The van der Waals surface area contributed by atoms with Gasteiger partial charge >= 0.3 is 0 Å². The van der Waals surface area contributed by atoms with Gasteiger partial charge in [0, 0.05) is 24.7 Å². The van der Waals surface area contributed by atoms with Crippen LogP contribution in [0, 0.1) is 0 Å². The standard InChI is InChI=1S/C7H12N2S/c1-6(2)9(3)7-8-4-5-10-7/h4-6H,1-3H3. The monoisotopic (exact) mass is 156 g/mol. The zero-order valence-corrected chi connectivity index (χ0v) is 7.35. The lowest BCUT2D eigenvalue weighted by atomic mass is 10.4. The lowest BCUT2D eigenvalue weighted by Crippen LogP contribution is -2.25. The molecule has 56 valence electrons. The van der Waals surface area contributed by atoms with E-state index in [2.05, 4.69) is 30.8 Å². The zero-order valence-electron chi connectivity index (χ0n) is 6.53. The van der Waals surface area contributed by atoms with Crippen molar-refractivity contribution in [2.75, 3.05) is 11.9 Å². The first-order valence-electron chi connectivity index (χ1n) is 3.34. The third kappa shape index (κ3) is 1.48. The van der Waals surface area contributed by atoms with Crippen molar-refractivity contribution in [3.05, 3.63) is 11.6 Å². The molecule has 0 radical (unpaired) electrons. The maximum atomic E-state index is 4.18. The lowest BCUT2D eigenvalue weighted by molar-refractivity contribution is 0.751. The number of hydrogen-bond donors (Lipinski definition) is 0. The number of hydrogen-bond acceptors (Lipinski definition) is 3. The third-order valence-electron chi connectivity index (χ3n) is 1.50. The van der Waals surface area contributed by atoms with Crippen molar-refractivity contribution in [3.63, 3.8) is 0 Å². The first kappa shape index (κ1) is 7.54. The number of anilines is 1. The molecule has 0 aliphatic heterocycles. The van der Waals surface area contributed by atoms with Gasteiger partial charge in [-0.25, -0.2) is 4.98 Å². The number of aromatic nitrogens is 1. The van der Waals surface area contributed by atoms with Crippen LogP contribution in [0.5, 0.6) is 0 Å². The molecule has 0 amide bonds. The summed E-state index contributed by atoms with van der Waals surface area (Å²) in [5, 5.41) is 3.09. The van der Waals surface area contributed by atoms with Crippen LogP contribution in [0.3, 0.4) is 0 Å². The molecule has 0 N–H and O–H groups in total. The second-order valence-electron chi connectivity index (χ2n) is 2.52. The molecule has 3 heteroatoms. The summed E-state index contributed by atoms with van der Waals surface area (Å²) in [7, 11) is 2.06. The number of thiazole rings is 1. The molecule has 0 saturated heterocycles. The largest absolute Gasteiger partial charge is 0.349 e. The Labute approximate surface area is 65.5 Å². The maximum absolute atomic E-state index is 4.18. The van der Waals surface area contributed by atoms with E-state index in [0.29, 0.717) is 6.04 Å². The van der Waals surface area contributed by atoms with Gasteiger partial charge in [0.2, 0.25) is 0 Å².